The maximum absolute atomic E-state index is 13.0. The second kappa shape index (κ2) is 4.83. The highest BCUT2D eigenvalue weighted by Gasteiger charge is 2.64. The third kappa shape index (κ3) is 2.41. The highest BCUT2D eigenvalue weighted by molar-refractivity contribution is 6.21. The first-order valence-electron chi connectivity index (χ1n) is 5.55. The van der Waals surface area contributed by atoms with Gasteiger partial charge in [-0.15, -0.1) is 10.2 Å². The smallest absolute Gasteiger partial charge is 0.361 e. The average Bonchev–Trinajstić information content (AvgIpc) is 2.80. The van der Waals surface area contributed by atoms with Crippen LogP contribution in [0, 0.1) is 0 Å². The van der Waals surface area contributed by atoms with E-state index >= 15 is 0 Å². The molecule has 1 heterocycles. The lowest BCUT2D eigenvalue weighted by atomic mass is 9.83. The molecule has 0 fully saturated rings. The van der Waals surface area contributed by atoms with Crippen molar-refractivity contribution in [2.45, 2.75) is 18.0 Å². The van der Waals surface area contributed by atoms with Gasteiger partial charge in [-0.25, -0.2) is 0 Å². The lowest BCUT2D eigenvalue weighted by molar-refractivity contribution is -0.0864. The molecule has 1 aliphatic heterocycles. The van der Waals surface area contributed by atoms with E-state index in [1.165, 1.54) is 18.2 Å². The van der Waals surface area contributed by atoms with Crippen LogP contribution in [0.5, 0.6) is 0 Å². The monoisotopic (exact) mass is 310 g/mol. The van der Waals surface area contributed by atoms with Gasteiger partial charge in [-0.2, -0.15) is 26.3 Å². The van der Waals surface area contributed by atoms with E-state index in [9.17, 15) is 26.3 Å². The standard InChI is InChI=1S/C12H8F6N2O/c1-21-10(7-5-3-2-4-6-7)8(11(13,14)15)19-20-9(10)12(16,17)18/h2-6H,1H3. The van der Waals surface area contributed by atoms with Crippen molar-refractivity contribution in [3.8, 4) is 0 Å². The zero-order valence-electron chi connectivity index (χ0n) is 10.5. The predicted molar refractivity (Wildman–Crippen MR) is 62.1 cm³/mol. The van der Waals surface area contributed by atoms with Crippen LogP contribution >= 0.6 is 0 Å². The van der Waals surface area contributed by atoms with Gasteiger partial charge in [0, 0.05) is 7.11 Å². The van der Waals surface area contributed by atoms with Gasteiger partial charge in [-0.3, -0.25) is 0 Å². The Bertz CT molecular complexity index is 558. The summed E-state index contributed by atoms with van der Waals surface area (Å²) in [5.74, 6) is 0. The van der Waals surface area contributed by atoms with Gasteiger partial charge in [0.25, 0.3) is 0 Å². The number of methoxy groups -OCH3 is 1. The molecule has 114 valence electrons. The molecular formula is C12H8F6N2O. The van der Waals surface area contributed by atoms with Gasteiger partial charge in [0.05, 0.1) is 0 Å². The molecule has 0 aromatic heterocycles. The molecule has 21 heavy (non-hydrogen) atoms. The number of alkyl halides is 6. The van der Waals surface area contributed by atoms with E-state index in [-0.39, 0.29) is 5.56 Å². The SMILES string of the molecule is COC1(c2ccccc2)C(C(F)(F)F)=NN=C1C(F)(F)F. The van der Waals surface area contributed by atoms with Gasteiger partial charge < -0.3 is 4.74 Å². The molecule has 0 amide bonds. The van der Waals surface area contributed by atoms with Crippen LogP contribution in [0.1, 0.15) is 5.56 Å². The molecule has 1 aromatic carbocycles. The number of benzene rings is 1. The van der Waals surface area contributed by atoms with Crippen LogP contribution in [0.25, 0.3) is 0 Å². The summed E-state index contributed by atoms with van der Waals surface area (Å²) in [6.07, 6.45) is -10.2. The molecule has 0 atom stereocenters. The molecule has 2 rings (SSSR count). The van der Waals surface area contributed by atoms with E-state index in [4.69, 9.17) is 0 Å². The first-order chi connectivity index (χ1) is 9.64. The molecular weight excluding hydrogens is 302 g/mol. The number of hydrogen-bond donors (Lipinski definition) is 0. The Labute approximate surface area is 114 Å². The predicted octanol–water partition coefficient (Wildman–Crippen LogP) is 3.46. The van der Waals surface area contributed by atoms with Gasteiger partial charge >= 0.3 is 12.4 Å². The Kier molecular flexibility index (Phi) is 3.56. The summed E-state index contributed by atoms with van der Waals surface area (Å²) >= 11 is 0. The first kappa shape index (κ1) is 15.5. The minimum atomic E-state index is -5.12. The summed E-state index contributed by atoms with van der Waals surface area (Å²) in [6, 6.07) is 6.25. The second-order valence-corrected chi connectivity index (χ2v) is 4.14. The molecule has 1 aliphatic rings. The Morgan fingerprint density at radius 3 is 1.62 bits per heavy atom. The van der Waals surface area contributed by atoms with E-state index < -0.39 is 29.4 Å². The molecule has 0 aliphatic carbocycles. The van der Waals surface area contributed by atoms with Crippen molar-refractivity contribution in [2.24, 2.45) is 10.2 Å². The van der Waals surface area contributed by atoms with Crippen molar-refractivity contribution in [3.05, 3.63) is 35.9 Å². The maximum atomic E-state index is 13.0. The molecule has 0 bridgehead atoms. The lowest BCUT2D eigenvalue weighted by Crippen LogP contribution is -2.53. The van der Waals surface area contributed by atoms with E-state index in [1.807, 2.05) is 0 Å². The summed E-state index contributed by atoms with van der Waals surface area (Å²) in [5.41, 5.74) is -6.78. The van der Waals surface area contributed by atoms with Crippen LogP contribution in [-0.2, 0) is 10.3 Å². The molecule has 0 unspecified atom stereocenters. The maximum Gasteiger partial charge on any atom is 0.434 e. The van der Waals surface area contributed by atoms with Gasteiger partial charge in [-0.05, 0) is 5.56 Å². The van der Waals surface area contributed by atoms with Crippen molar-refractivity contribution >= 4 is 11.4 Å². The quantitative estimate of drug-likeness (QED) is 0.770. The van der Waals surface area contributed by atoms with E-state index in [1.54, 1.807) is 0 Å². The van der Waals surface area contributed by atoms with Gasteiger partial charge in [-0.1, -0.05) is 30.3 Å². The van der Waals surface area contributed by atoms with Crippen LogP contribution in [-0.4, -0.2) is 30.9 Å². The third-order valence-corrected chi connectivity index (χ3v) is 2.94. The summed E-state index contributed by atoms with van der Waals surface area (Å²) in [5, 5.41) is 5.38. The minimum Gasteiger partial charge on any atom is -0.361 e. The Balaban J connectivity index is 2.71. The van der Waals surface area contributed by atoms with Crippen LogP contribution in [0.15, 0.2) is 40.5 Å². The summed E-state index contributed by atoms with van der Waals surface area (Å²) in [6.45, 7) is 0. The van der Waals surface area contributed by atoms with Gasteiger partial charge in [0.1, 0.15) is 0 Å². The average molecular weight is 310 g/mol. The van der Waals surface area contributed by atoms with Gasteiger partial charge in [0.2, 0.25) is 0 Å². The lowest BCUT2D eigenvalue weighted by Gasteiger charge is -2.32. The summed E-state index contributed by atoms with van der Waals surface area (Å²) < 4.78 is 82.9. The molecule has 1 aromatic rings. The van der Waals surface area contributed by atoms with Crippen molar-refractivity contribution in [1.82, 2.24) is 0 Å². The van der Waals surface area contributed by atoms with Gasteiger partial charge in [0.15, 0.2) is 17.0 Å². The minimum absolute atomic E-state index is 0.350. The summed E-state index contributed by atoms with van der Waals surface area (Å²) in [4.78, 5) is 0. The fraction of sp³-hybridized carbons (Fsp3) is 0.333. The molecule has 3 nitrogen and oxygen atoms in total. The fourth-order valence-electron chi connectivity index (χ4n) is 2.12. The third-order valence-electron chi connectivity index (χ3n) is 2.94. The second-order valence-electron chi connectivity index (χ2n) is 4.14. The van der Waals surface area contributed by atoms with E-state index in [0.717, 1.165) is 19.2 Å². The number of hydrogen-bond acceptors (Lipinski definition) is 3. The van der Waals surface area contributed by atoms with Crippen molar-refractivity contribution in [2.75, 3.05) is 7.11 Å². The van der Waals surface area contributed by atoms with Crippen LogP contribution in [0.2, 0.25) is 0 Å². The van der Waals surface area contributed by atoms with E-state index in [0.29, 0.717) is 0 Å². The Hall–Kier alpha value is -1.90. The van der Waals surface area contributed by atoms with E-state index in [2.05, 4.69) is 14.9 Å². The molecule has 9 heteroatoms. The molecule has 0 spiro atoms. The number of nitrogens with zero attached hydrogens (tertiary/aromatic N) is 2. The van der Waals surface area contributed by atoms with Crippen LogP contribution < -0.4 is 0 Å². The number of halogens is 6. The molecule has 0 N–H and O–H groups in total. The summed E-state index contributed by atoms with van der Waals surface area (Å²) in [7, 11) is 0.751. The molecule has 0 radical (unpaired) electrons. The Morgan fingerprint density at radius 1 is 0.857 bits per heavy atom. The Morgan fingerprint density at radius 2 is 1.29 bits per heavy atom. The normalized spacial score (nSPS) is 18.4. The van der Waals surface area contributed by atoms with Crippen LogP contribution in [0.3, 0.4) is 0 Å². The highest BCUT2D eigenvalue weighted by Crippen LogP contribution is 2.44. The zero-order chi connectivity index (χ0) is 15.9. The van der Waals surface area contributed by atoms with Crippen molar-refractivity contribution < 1.29 is 31.1 Å². The highest BCUT2D eigenvalue weighted by atomic mass is 19.4. The topological polar surface area (TPSA) is 34.0 Å². The van der Waals surface area contributed by atoms with Crippen molar-refractivity contribution in [1.29, 1.82) is 0 Å². The molecule has 0 saturated heterocycles. The molecule has 0 saturated carbocycles. The zero-order valence-corrected chi connectivity index (χ0v) is 10.5. The fourth-order valence-corrected chi connectivity index (χ4v) is 2.12. The first-order valence-corrected chi connectivity index (χ1v) is 5.55. The van der Waals surface area contributed by atoms with Crippen molar-refractivity contribution in [3.63, 3.8) is 0 Å². The number of rotatable bonds is 2. The largest absolute Gasteiger partial charge is 0.434 e. The van der Waals surface area contributed by atoms with Crippen LogP contribution in [0.4, 0.5) is 26.3 Å². The number of ether oxygens (including phenoxy) is 1.